The van der Waals surface area contributed by atoms with E-state index in [0.29, 0.717) is 0 Å². The molecule has 57 heavy (non-hydrogen) atoms. The maximum atomic E-state index is 4.74. The fourth-order valence-corrected chi connectivity index (χ4v) is 11.8. The normalized spacial score (nSPS) is 11.9. The van der Waals surface area contributed by atoms with Gasteiger partial charge in [0.2, 0.25) is 0 Å². The summed E-state index contributed by atoms with van der Waals surface area (Å²) >= 11 is 0.199. The number of aromatic nitrogens is 1. The summed E-state index contributed by atoms with van der Waals surface area (Å²) in [6.07, 6.45) is 1.89. The van der Waals surface area contributed by atoms with E-state index in [2.05, 4.69) is 188 Å². The van der Waals surface area contributed by atoms with Crippen molar-refractivity contribution >= 4 is 87.8 Å². The quantitative estimate of drug-likeness (QED) is 0.128. The molecule has 0 amide bonds. The number of nitrogens with zero attached hydrogens (tertiary/aromatic N) is 1. The second-order valence-corrected chi connectivity index (χ2v) is 17.2. The predicted molar refractivity (Wildman–Crippen MR) is 245 cm³/mol. The van der Waals surface area contributed by atoms with E-state index in [9.17, 15) is 0 Å². The van der Waals surface area contributed by atoms with Crippen LogP contribution in [0.15, 0.2) is 200 Å². The Bertz CT molecular complexity index is 3460. The summed E-state index contributed by atoms with van der Waals surface area (Å²) in [6, 6.07) is 72.0. The third kappa shape index (κ3) is 4.98. The number of rotatable bonds is 4. The van der Waals surface area contributed by atoms with Crippen molar-refractivity contribution in [2.45, 2.75) is 0 Å². The summed E-state index contributed by atoms with van der Waals surface area (Å²) < 4.78 is 2.89. The summed E-state index contributed by atoms with van der Waals surface area (Å²) in [5, 5.41) is 14.1. The van der Waals surface area contributed by atoms with Gasteiger partial charge in [-0.15, -0.1) is 0 Å². The van der Waals surface area contributed by atoms with Gasteiger partial charge < -0.3 is 0 Å². The molecule has 264 valence electrons. The Labute approximate surface area is 335 Å². The van der Waals surface area contributed by atoms with E-state index in [1.54, 1.807) is 0 Å². The van der Waals surface area contributed by atoms with Crippen molar-refractivity contribution in [3.63, 3.8) is 0 Å². The minimum atomic E-state index is 0.199. The molecule has 0 atom stereocenters. The van der Waals surface area contributed by atoms with E-state index in [-0.39, 0.29) is 14.5 Å². The molecule has 0 aliphatic rings. The van der Waals surface area contributed by atoms with Crippen LogP contribution >= 0.6 is 0 Å². The van der Waals surface area contributed by atoms with Gasteiger partial charge in [0.25, 0.3) is 0 Å². The van der Waals surface area contributed by atoms with Crippen LogP contribution in [0, 0.1) is 0 Å². The van der Waals surface area contributed by atoms with Crippen LogP contribution in [-0.4, -0.2) is 19.5 Å². The molecule has 0 aliphatic heterocycles. The Morgan fingerprint density at radius 2 is 0.825 bits per heavy atom. The molecule has 0 saturated carbocycles. The molecule has 0 N–H and O–H groups in total. The zero-order chi connectivity index (χ0) is 37.5. The second kappa shape index (κ2) is 12.9. The Kier molecular flexibility index (Phi) is 7.32. The first-order valence-electron chi connectivity index (χ1n) is 19.5. The van der Waals surface area contributed by atoms with Gasteiger partial charge in [-0.05, 0) is 6.07 Å². The van der Waals surface area contributed by atoms with E-state index in [1.165, 1.54) is 107 Å². The van der Waals surface area contributed by atoms with Gasteiger partial charge in [0.05, 0.1) is 0 Å². The monoisotopic (exact) mass is 787 g/mol. The summed E-state index contributed by atoms with van der Waals surface area (Å²) in [6.45, 7) is 0. The maximum absolute atomic E-state index is 4.74. The van der Waals surface area contributed by atoms with Crippen molar-refractivity contribution in [1.29, 1.82) is 0 Å². The van der Waals surface area contributed by atoms with Crippen molar-refractivity contribution in [3.8, 4) is 44.5 Å². The number of benzene rings is 10. The predicted octanol–water partition coefficient (Wildman–Crippen LogP) is 14.9. The average Bonchev–Trinajstić information content (AvgIpc) is 3.66. The topological polar surface area (TPSA) is 12.9 Å². The SMILES string of the molecule is c1ccc(-c2c3ccccc3c(-c3ccc4[se]c5cccc(-c6c7ccccc7c(-c7ccc8cccnc8c7)c7ccccc67)c5c4c3)c3ccccc23)cc1. The van der Waals surface area contributed by atoms with Crippen LogP contribution < -0.4 is 0 Å². The van der Waals surface area contributed by atoms with Crippen LogP contribution in [0.4, 0.5) is 0 Å². The molecule has 0 unspecified atom stereocenters. The molecular formula is C55H33NSe. The molecule has 0 aliphatic carbocycles. The zero-order valence-corrected chi connectivity index (χ0v) is 32.6. The number of fused-ring (bicyclic) bond motifs is 8. The molecule has 2 heteroatoms. The fraction of sp³-hybridized carbons (Fsp3) is 0. The molecule has 0 fully saturated rings. The first kappa shape index (κ1) is 32.4. The van der Waals surface area contributed by atoms with Gasteiger partial charge in [0.15, 0.2) is 0 Å². The number of hydrogen-bond donors (Lipinski definition) is 0. The second-order valence-electron chi connectivity index (χ2n) is 15.0. The van der Waals surface area contributed by atoms with Crippen LogP contribution in [0.1, 0.15) is 0 Å². The average molecular weight is 787 g/mol. The fourth-order valence-electron chi connectivity index (χ4n) is 9.50. The van der Waals surface area contributed by atoms with Crippen molar-refractivity contribution < 1.29 is 0 Å². The standard InChI is InChI=1S/C55H33NSe/c1-2-14-35(15-3-1)51-38-17-4-6-19-40(38)52(41-20-7-5-18-39(41)51)36-29-30-49-47(32-36)55-46(25-12-26-50(55)57-49)54-44-23-10-8-21-42(44)53(43-22-9-11-24-45(43)54)37-28-27-34-16-13-31-56-48(34)33-37/h1-33H. The summed E-state index contributed by atoms with van der Waals surface area (Å²) in [4.78, 5) is 4.74. The summed E-state index contributed by atoms with van der Waals surface area (Å²) in [5.74, 6) is 0. The van der Waals surface area contributed by atoms with Crippen LogP contribution in [0.5, 0.6) is 0 Å². The Morgan fingerprint density at radius 3 is 1.42 bits per heavy atom. The Balaban J connectivity index is 1.15. The van der Waals surface area contributed by atoms with Gasteiger partial charge in [0, 0.05) is 0 Å². The summed E-state index contributed by atoms with van der Waals surface area (Å²) in [5.41, 5.74) is 11.2. The first-order chi connectivity index (χ1) is 28.3. The third-order valence-electron chi connectivity index (χ3n) is 11.9. The molecule has 0 bridgehead atoms. The van der Waals surface area contributed by atoms with Crippen molar-refractivity contribution in [1.82, 2.24) is 4.98 Å². The Morgan fingerprint density at radius 1 is 0.316 bits per heavy atom. The number of hydrogen-bond acceptors (Lipinski definition) is 1. The Hall–Kier alpha value is -6.83. The third-order valence-corrected chi connectivity index (χ3v) is 14.3. The van der Waals surface area contributed by atoms with Crippen LogP contribution in [0.3, 0.4) is 0 Å². The summed E-state index contributed by atoms with van der Waals surface area (Å²) in [7, 11) is 0. The van der Waals surface area contributed by atoms with E-state index in [4.69, 9.17) is 4.98 Å². The molecule has 0 spiro atoms. The van der Waals surface area contributed by atoms with Crippen LogP contribution in [-0.2, 0) is 0 Å². The van der Waals surface area contributed by atoms with E-state index < -0.39 is 0 Å². The van der Waals surface area contributed by atoms with E-state index in [1.807, 2.05) is 12.3 Å². The van der Waals surface area contributed by atoms with Gasteiger partial charge >= 0.3 is 332 Å². The van der Waals surface area contributed by atoms with Crippen LogP contribution in [0.2, 0.25) is 0 Å². The molecule has 1 nitrogen and oxygen atoms in total. The molecule has 2 heterocycles. The molecule has 0 radical (unpaired) electrons. The van der Waals surface area contributed by atoms with Crippen molar-refractivity contribution in [2.24, 2.45) is 0 Å². The van der Waals surface area contributed by atoms with Crippen molar-refractivity contribution in [2.75, 3.05) is 0 Å². The minimum absolute atomic E-state index is 0.199. The molecule has 10 aromatic carbocycles. The van der Waals surface area contributed by atoms with Crippen molar-refractivity contribution in [3.05, 3.63) is 200 Å². The molecule has 0 saturated heterocycles. The molecule has 12 aromatic rings. The van der Waals surface area contributed by atoms with Gasteiger partial charge in [-0.2, -0.15) is 0 Å². The molecule has 12 rings (SSSR count). The van der Waals surface area contributed by atoms with Crippen LogP contribution in [0.25, 0.3) is 118 Å². The van der Waals surface area contributed by atoms with Gasteiger partial charge in [-0.3, -0.25) is 0 Å². The van der Waals surface area contributed by atoms with Gasteiger partial charge in [-0.25, -0.2) is 0 Å². The zero-order valence-electron chi connectivity index (χ0n) is 30.9. The molecular weight excluding hydrogens is 754 g/mol. The van der Waals surface area contributed by atoms with E-state index in [0.717, 1.165) is 10.9 Å². The molecule has 2 aromatic heterocycles. The van der Waals surface area contributed by atoms with E-state index >= 15 is 0 Å². The van der Waals surface area contributed by atoms with Gasteiger partial charge in [0.1, 0.15) is 0 Å². The number of pyridine rings is 1. The van der Waals surface area contributed by atoms with Gasteiger partial charge in [-0.1, -0.05) is 0 Å². The first-order valence-corrected chi connectivity index (χ1v) is 21.2.